The van der Waals surface area contributed by atoms with Crippen LogP contribution < -0.4 is 4.74 Å². The fourth-order valence-electron chi connectivity index (χ4n) is 1.02. The van der Waals surface area contributed by atoms with Gasteiger partial charge in [0.15, 0.2) is 0 Å². The van der Waals surface area contributed by atoms with E-state index in [-0.39, 0.29) is 11.1 Å². The van der Waals surface area contributed by atoms with Gasteiger partial charge in [0, 0.05) is 5.56 Å². The molecule has 0 aromatic heterocycles. The molecule has 13 heavy (non-hydrogen) atoms. The van der Waals surface area contributed by atoms with E-state index in [0.29, 0.717) is 11.3 Å². The van der Waals surface area contributed by atoms with E-state index in [4.69, 9.17) is 16.3 Å². The van der Waals surface area contributed by atoms with Gasteiger partial charge < -0.3 is 4.74 Å². The summed E-state index contributed by atoms with van der Waals surface area (Å²) in [4.78, 5) is 0. The Labute approximate surface area is 82.5 Å². The third-order valence-corrected chi connectivity index (χ3v) is 1.94. The second kappa shape index (κ2) is 3.97. The first kappa shape index (κ1) is 10.3. The minimum absolute atomic E-state index is 0.0410. The number of hydrogen-bond acceptors (Lipinski definition) is 1. The van der Waals surface area contributed by atoms with Crippen molar-refractivity contribution in [3.05, 3.63) is 28.5 Å². The van der Waals surface area contributed by atoms with Crippen LogP contribution in [0.3, 0.4) is 0 Å². The summed E-state index contributed by atoms with van der Waals surface area (Å²) >= 11 is 5.59. The normalized spacial score (nSPS) is 10.6. The summed E-state index contributed by atoms with van der Waals surface area (Å²) in [7, 11) is 0. The van der Waals surface area contributed by atoms with Gasteiger partial charge in [-0.1, -0.05) is 11.6 Å². The van der Waals surface area contributed by atoms with E-state index in [9.17, 15) is 4.39 Å². The van der Waals surface area contributed by atoms with Gasteiger partial charge >= 0.3 is 0 Å². The number of halogens is 2. The van der Waals surface area contributed by atoms with Crippen LogP contribution in [0.25, 0.3) is 0 Å². The lowest BCUT2D eigenvalue weighted by atomic mass is 10.2. The van der Waals surface area contributed by atoms with Gasteiger partial charge in [0.1, 0.15) is 11.6 Å². The maximum Gasteiger partial charge on any atom is 0.148 e. The minimum atomic E-state index is -0.403. The third-order valence-electron chi connectivity index (χ3n) is 1.65. The summed E-state index contributed by atoms with van der Waals surface area (Å²) in [5.74, 6) is 0.150. The van der Waals surface area contributed by atoms with E-state index in [1.165, 1.54) is 6.07 Å². The second-order valence-electron chi connectivity index (χ2n) is 3.15. The summed E-state index contributed by atoms with van der Waals surface area (Å²) in [6, 6.07) is 3.18. The van der Waals surface area contributed by atoms with E-state index < -0.39 is 5.82 Å². The van der Waals surface area contributed by atoms with Crippen LogP contribution in [0.4, 0.5) is 4.39 Å². The van der Waals surface area contributed by atoms with E-state index in [1.54, 1.807) is 13.0 Å². The Morgan fingerprint density at radius 3 is 2.54 bits per heavy atom. The van der Waals surface area contributed by atoms with Crippen molar-refractivity contribution in [3.8, 4) is 5.75 Å². The van der Waals surface area contributed by atoms with Crippen LogP contribution in [0.2, 0.25) is 5.02 Å². The summed E-state index contributed by atoms with van der Waals surface area (Å²) in [5, 5.41) is 0.133. The lowest BCUT2D eigenvalue weighted by Crippen LogP contribution is -2.07. The van der Waals surface area contributed by atoms with Gasteiger partial charge in [-0.2, -0.15) is 0 Å². The molecule has 0 aliphatic carbocycles. The number of benzene rings is 1. The molecule has 1 nitrogen and oxygen atoms in total. The fourth-order valence-corrected chi connectivity index (χ4v) is 1.22. The molecule has 0 bridgehead atoms. The van der Waals surface area contributed by atoms with Crippen LogP contribution in [0.15, 0.2) is 12.1 Å². The Balaban J connectivity index is 3.04. The molecule has 0 radical (unpaired) electrons. The zero-order chi connectivity index (χ0) is 10.0. The first-order valence-corrected chi connectivity index (χ1v) is 4.51. The largest absolute Gasteiger partial charge is 0.491 e. The predicted octanol–water partition coefficient (Wildman–Crippen LogP) is 3.57. The van der Waals surface area contributed by atoms with Crippen molar-refractivity contribution in [2.24, 2.45) is 0 Å². The average molecular weight is 203 g/mol. The van der Waals surface area contributed by atoms with Crippen LogP contribution in [0.1, 0.15) is 19.4 Å². The van der Waals surface area contributed by atoms with Crippen molar-refractivity contribution in [3.63, 3.8) is 0 Å². The van der Waals surface area contributed by atoms with Crippen molar-refractivity contribution in [2.45, 2.75) is 26.9 Å². The minimum Gasteiger partial charge on any atom is -0.491 e. The topological polar surface area (TPSA) is 9.23 Å². The Kier molecular flexibility index (Phi) is 3.15. The lowest BCUT2D eigenvalue weighted by Gasteiger charge is -2.12. The van der Waals surface area contributed by atoms with Crippen molar-refractivity contribution >= 4 is 11.6 Å². The van der Waals surface area contributed by atoms with Crippen molar-refractivity contribution < 1.29 is 9.13 Å². The Bertz CT molecular complexity index is 310. The molecule has 1 aromatic rings. The van der Waals surface area contributed by atoms with E-state index >= 15 is 0 Å². The highest BCUT2D eigenvalue weighted by Crippen LogP contribution is 2.26. The van der Waals surface area contributed by atoms with Gasteiger partial charge in [-0.25, -0.2) is 4.39 Å². The third kappa shape index (κ3) is 2.34. The molecule has 0 aliphatic heterocycles. The second-order valence-corrected chi connectivity index (χ2v) is 3.56. The fraction of sp³-hybridized carbons (Fsp3) is 0.400. The van der Waals surface area contributed by atoms with E-state index in [2.05, 4.69) is 0 Å². The van der Waals surface area contributed by atoms with Gasteiger partial charge in [-0.05, 0) is 32.9 Å². The standard InChI is InChI=1S/C10H12ClFO/c1-6(2)13-9-5-4-8(11)10(12)7(9)3/h4-6H,1-3H3. The zero-order valence-electron chi connectivity index (χ0n) is 7.90. The van der Waals surface area contributed by atoms with Gasteiger partial charge in [0.2, 0.25) is 0 Å². The van der Waals surface area contributed by atoms with Crippen molar-refractivity contribution in [1.29, 1.82) is 0 Å². The lowest BCUT2D eigenvalue weighted by molar-refractivity contribution is 0.239. The monoisotopic (exact) mass is 202 g/mol. The van der Waals surface area contributed by atoms with E-state index in [1.807, 2.05) is 13.8 Å². The predicted molar refractivity (Wildman–Crippen MR) is 51.9 cm³/mol. The first-order valence-electron chi connectivity index (χ1n) is 4.13. The number of hydrogen-bond donors (Lipinski definition) is 0. The highest BCUT2D eigenvalue weighted by Gasteiger charge is 2.09. The SMILES string of the molecule is Cc1c(OC(C)C)ccc(Cl)c1F. The average Bonchev–Trinajstić information content (AvgIpc) is 2.06. The molecule has 0 amide bonds. The molecule has 0 N–H and O–H groups in total. The summed E-state index contributed by atoms with van der Waals surface area (Å²) in [6.45, 7) is 5.44. The number of rotatable bonds is 2. The van der Waals surface area contributed by atoms with Crippen LogP contribution in [-0.2, 0) is 0 Å². The molecule has 0 heterocycles. The van der Waals surface area contributed by atoms with Gasteiger partial charge in [0.25, 0.3) is 0 Å². The smallest absolute Gasteiger partial charge is 0.148 e. The summed E-state index contributed by atoms with van der Waals surface area (Å²) in [5.41, 5.74) is 0.459. The highest BCUT2D eigenvalue weighted by atomic mass is 35.5. The van der Waals surface area contributed by atoms with Gasteiger partial charge in [0.05, 0.1) is 11.1 Å². The molecule has 0 atom stereocenters. The molecule has 0 unspecified atom stereocenters. The molecule has 1 rings (SSSR count). The summed E-state index contributed by atoms with van der Waals surface area (Å²) in [6.07, 6.45) is 0.0410. The molecule has 0 saturated carbocycles. The van der Waals surface area contributed by atoms with Crippen molar-refractivity contribution in [2.75, 3.05) is 0 Å². The van der Waals surface area contributed by atoms with Crippen LogP contribution in [0.5, 0.6) is 5.75 Å². The Morgan fingerprint density at radius 2 is 2.00 bits per heavy atom. The van der Waals surface area contributed by atoms with E-state index in [0.717, 1.165) is 0 Å². The highest BCUT2D eigenvalue weighted by molar-refractivity contribution is 6.30. The molecule has 3 heteroatoms. The van der Waals surface area contributed by atoms with Gasteiger partial charge in [-0.15, -0.1) is 0 Å². The maximum atomic E-state index is 13.2. The molecule has 0 spiro atoms. The van der Waals surface area contributed by atoms with Crippen LogP contribution in [0, 0.1) is 12.7 Å². The molecular weight excluding hydrogens is 191 g/mol. The molecule has 72 valence electrons. The molecule has 0 aliphatic rings. The first-order chi connectivity index (χ1) is 6.02. The molecule has 0 saturated heterocycles. The summed E-state index contributed by atoms with van der Waals surface area (Å²) < 4.78 is 18.6. The van der Waals surface area contributed by atoms with Gasteiger partial charge in [-0.3, -0.25) is 0 Å². The van der Waals surface area contributed by atoms with Crippen molar-refractivity contribution in [1.82, 2.24) is 0 Å². The molecular formula is C10H12ClFO. The van der Waals surface area contributed by atoms with Crippen LogP contribution in [-0.4, -0.2) is 6.10 Å². The molecule has 0 fully saturated rings. The Morgan fingerprint density at radius 1 is 1.38 bits per heavy atom. The molecule has 1 aromatic carbocycles. The maximum absolute atomic E-state index is 13.2. The Hall–Kier alpha value is -0.760. The number of ether oxygens (including phenoxy) is 1. The van der Waals surface area contributed by atoms with Crippen LogP contribution >= 0.6 is 11.6 Å². The zero-order valence-corrected chi connectivity index (χ0v) is 8.65. The quantitative estimate of drug-likeness (QED) is 0.713.